The van der Waals surface area contributed by atoms with Crippen molar-refractivity contribution < 1.29 is 16.4 Å². The summed E-state index contributed by atoms with van der Waals surface area (Å²) in [5.41, 5.74) is 7.96. The van der Waals surface area contributed by atoms with Gasteiger partial charge in [-0.1, -0.05) is 6.58 Å². The molecule has 0 unspecified atom stereocenters. The predicted molar refractivity (Wildman–Crippen MR) is 50.2 cm³/mol. The second kappa shape index (κ2) is 10.1. The average Bonchev–Trinajstić information content (AvgIpc) is 2.03. The van der Waals surface area contributed by atoms with Crippen LogP contribution < -0.4 is 11.2 Å². The molecule has 0 atom stereocenters. The molecule has 0 aromatic heterocycles. The molecular formula is C6H14N4O3. The minimum absolute atomic E-state index is 0. The van der Waals surface area contributed by atoms with Crippen molar-refractivity contribution in [3.8, 4) is 0 Å². The van der Waals surface area contributed by atoms with Crippen molar-refractivity contribution in [1.82, 2.24) is 5.43 Å². The molecule has 0 bridgehead atoms. The van der Waals surface area contributed by atoms with E-state index in [0.717, 1.165) is 5.57 Å². The second-order valence-electron chi connectivity index (χ2n) is 1.83. The first kappa shape index (κ1) is 13.7. The number of nitrogens with two attached hydrogens (primary N) is 1. The van der Waals surface area contributed by atoms with Crippen molar-refractivity contribution in [2.75, 3.05) is 0 Å². The van der Waals surface area contributed by atoms with Crippen molar-refractivity contribution >= 4 is 18.6 Å². The molecule has 0 rings (SSSR count). The number of hydrogen-bond acceptors (Lipinski definition) is 5. The number of hydrazone groups is 1. The Morgan fingerprint density at radius 2 is 2.38 bits per heavy atom. The SMILES string of the molecule is C=C(C)/C=N/NC(=N)N.O=COO.[HH]. The third-order valence-corrected chi connectivity index (χ3v) is 0.513. The molecule has 0 aliphatic heterocycles. The summed E-state index contributed by atoms with van der Waals surface area (Å²) in [5, 5.41) is 17.2. The molecule has 76 valence electrons. The number of nitrogens with one attached hydrogen (secondary N) is 2. The van der Waals surface area contributed by atoms with E-state index in [1.54, 1.807) is 6.92 Å². The van der Waals surface area contributed by atoms with Crippen LogP contribution in [0.25, 0.3) is 0 Å². The maximum Gasteiger partial charge on any atom is 0.330 e. The van der Waals surface area contributed by atoms with Gasteiger partial charge >= 0.3 is 6.47 Å². The van der Waals surface area contributed by atoms with Crippen LogP contribution in [0.2, 0.25) is 0 Å². The maximum atomic E-state index is 8.70. The highest BCUT2D eigenvalue weighted by molar-refractivity contribution is 5.79. The Hall–Kier alpha value is -1.89. The molecule has 0 heterocycles. The van der Waals surface area contributed by atoms with Crippen LogP contribution in [0.5, 0.6) is 0 Å². The Bertz CT molecular complexity index is 207. The molecule has 0 radical (unpaired) electrons. The normalized spacial score (nSPS) is 8.15. The molecule has 0 aliphatic carbocycles. The first-order chi connectivity index (χ1) is 6.04. The number of carbonyl (C=O) groups is 1. The Balaban J connectivity index is -0.000000209. The predicted octanol–water partition coefficient (Wildman–Crippen LogP) is -0.0902. The van der Waals surface area contributed by atoms with E-state index in [9.17, 15) is 0 Å². The smallest absolute Gasteiger partial charge is 0.330 e. The van der Waals surface area contributed by atoms with Gasteiger partial charge < -0.3 is 10.6 Å². The molecule has 0 fully saturated rings. The van der Waals surface area contributed by atoms with Gasteiger partial charge in [-0.2, -0.15) is 5.10 Å². The fourth-order valence-corrected chi connectivity index (χ4v) is 0.212. The minimum atomic E-state index is -0.174. The Morgan fingerprint density at radius 3 is 2.62 bits per heavy atom. The van der Waals surface area contributed by atoms with Gasteiger partial charge in [-0.05, 0) is 12.5 Å². The van der Waals surface area contributed by atoms with Crippen molar-refractivity contribution in [3.63, 3.8) is 0 Å². The van der Waals surface area contributed by atoms with Crippen LogP contribution in [-0.2, 0) is 9.68 Å². The van der Waals surface area contributed by atoms with Gasteiger partial charge in [0.1, 0.15) is 0 Å². The summed E-state index contributed by atoms with van der Waals surface area (Å²) in [6, 6.07) is 0. The van der Waals surface area contributed by atoms with Gasteiger partial charge in [0.15, 0.2) is 0 Å². The van der Waals surface area contributed by atoms with Crippen molar-refractivity contribution in [2.24, 2.45) is 10.8 Å². The molecule has 0 aromatic carbocycles. The Labute approximate surface area is 76.8 Å². The van der Waals surface area contributed by atoms with Crippen LogP contribution in [-0.4, -0.2) is 23.9 Å². The van der Waals surface area contributed by atoms with E-state index in [-0.39, 0.29) is 13.9 Å². The second-order valence-corrected chi connectivity index (χ2v) is 1.83. The summed E-state index contributed by atoms with van der Waals surface area (Å²) in [6.45, 7) is 5.28. The third-order valence-electron chi connectivity index (χ3n) is 0.513. The lowest BCUT2D eigenvalue weighted by Crippen LogP contribution is -2.25. The molecule has 13 heavy (non-hydrogen) atoms. The largest absolute Gasteiger partial charge is 0.369 e. The van der Waals surface area contributed by atoms with Crippen LogP contribution >= 0.6 is 0 Å². The number of guanidine groups is 1. The zero-order chi connectivity index (χ0) is 10.7. The highest BCUT2D eigenvalue weighted by atomic mass is 17.1. The number of rotatable bonds is 3. The van der Waals surface area contributed by atoms with E-state index >= 15 is 0 Å². The zero-order valence-electron chi connectivity index (χ0n) is 7.15. The van der Waals surface area contributed by atoms with E-state index in [2.05, 4.69) is 22.0 Å². The lowest BCUT2D eigenvalue weighted by Gasteiger charge is -1.91. The van der Waals surface area contributed by atoms with Gasteiger partial charge in [0.05, 0.1) is 0 Å². The molecule has 0 aromatic rings. The van der Waals surface area contributed by atoms with E-state index < -0.39 is 0 Å². The number of allylic oxidation sites excluding steroid dienone is 1. The molecule has 0 aliphatic rings. The lowest BCUT2D eigenvalue weighted by atomic mass is 10.4. The van der Waals surface area contributed by atoms with E-state index in [1.165, 1.54) is 6.21 Å². The fraction of sp³-hybridized carbons (Fsp3) is 0.167. The monoisotopic (exact) mass is 190 g/mol. The summed E-state index contributed by atoms with van der Waals surface area (Å²) in [6.07, 6.45) is 1.49. The molecule has 0 saturated carbocycles. The standard InChI is InChI=1S/C5H10N4.CH2O3.H2/c1-4(2)3-8-9-5(6)7;2-1-4-3;/h3H,1H2,2H3,(H4,6,7,9);1,3H;1H/b8-3+;;. The van der Waals surface area contributed by atoms with Gasteiger partial charge in [-0.3, -0.25) is 10.2 Å². The van der Waals surface area contributed by atoms with E-state index in [1.807, 2.05) is 0 Å². The van der Waals surface area contributed by atoms with Crippen LogP contribution in [0.3, 0.4) is 0 Å². The third kappa shape index (κ3) is 25.5. The van der Waals surface area contributed by atoms with E-state index in [4.69, 9.17) is 21.2 Å². The minimum Gasteiger partial charge on any atom is -0.369 e. The summed E-state index contributed by atoms with van der Waals surface area (Å²) in [4.78, 5) is 11.6. The molecule has 5 N–H and O–H groups in total. The first-order valence-electron chi connectivity index (χ1n) is 3.07. The van der Waals surface area contributed by atoms with Gasteiger partial charge in [0.2, 0.25) is 5.96 Å². The number of carbonyl (C=O) groups excluding carboxylic acids is 1. The quantitative estimate of drug-likeness (QED) is 0.163. The first-order valence-corrected chi connectivity index (χ1v) is 3.07. The van der Waals surface area contributed by atoms with Crippen LogP contribution in [0.1, 0.15) is 8.35 Å². The van der Waals surface area contributed by atoms with Crippen molar-refractivity contribution in [3.05, 3.63) is 12.2 Å². The highest BCUT2D eigenvalue weighted by Crippen LogP contribution is 1.75. The Kier molecular flexibility index (Phi) is 10.6. The molecule has 0 saturated heterocycles. The van der Waals surface area contributed by atoms with Crippen LogP contribution in [0, 0.1) is 5.41 Å². The number of nitrogens with zero attached hydrogens (tertiary/aromatic N) is 1. The fourth-order valence-electron chi connectivity index (χ4n) is 0.212. The zero-order valence-corrected chi connectivity index (χ0v) is 7.15. The van der Waals surface area contributed by atoms with E-state index in [0.29, 0.717) is 0 Å². The highest BCUT2D eigenvalue weighted by Gasteiger charge is 1.77. The summed E-state index contributed by atoms with van der Waals surface area (Å²) in [7, 11) is 0. The average molecular weight is 190 g/mol. The summed E-state index contributed by atoms with van der Waals surface area (Å²) in [5.74, 6) is -0.174. The van der Waals surface area contributed by atoms with Gasteiger partial charge in [0.25, 0.3) is 0 Å². The van der Waals surface area contributed by atoms with Gasteiger partial charge in [-0.25, -0.2) is 10.7 Å². The van der Waals surface area contributed by atoms with Crippen LogP contribution in [0.15, 0.2) is 17.3 Å². The molecule has 0 spiro atoms. The molecule has 7 heteroatoms. The topological polar surface area (TPSA) is 121 Å². The summed E-state index contributed by atoms with van der Waals surface area (Å²) < 4.78 is 0. The molecular weight excluding hydrogens is 176 g/mol. The molecule has 7 nitrogen and oxygen atoms in total. The van der Waals surface area contributed by atoms with Crippen LogP contribution in [0.4, 0.5) is 0 Å². The van der Waals surface area contributed by atoms with Crippen molar-refractivity contribution in [1.29, 1.82) is 5.41 Å². The maximum absolute atomic E-state index is 8.70. The summed E-state index contributed by atoms with van der Waals surface area (Å²) >= 11 is 0. The van der Waals surface area contributed by atoms with Gasteiger partial charge in [-0.15, -0.1) is 0 Å². The lowest BCUT2D eigenvalue weighted by molar-refractivity contribution is -0.217. The van der Waals surface area contributed by atoms with Crippen molar-refractivity contribution in [2.45, 2.75) is 6.92 Å². The van der Waals surface area contributed by atoms with Gasteiger partial charge in [0, 0.05) is 7.64 Å². The molecule has 0 amide bonds. The number of hydrogen-bond donors (Lipinski definition) is 4. The Morgan fingerprint density at radius 1 is 1.92 bits per heavy atom.